The van der Waals surface area contributed by atoms with Gasteiger partial charge in [-0.1, -0.05) is 158 Å². The molecule has 1 aromatic heterocycles. The third-order valence-corrected chi connectivity index (χ3v) is 9.84. The Labute approximate surface area is 298 Å². The molecular weight excluding hydrogens is 619 g/mol. The molecule has 9 aromatic rings. The highest BCUT2D eigenvalue weighted by Crippen LogP contribution is 2.44. The van der Waals surface area contributed by atoms with Crippen molar-refractivity contribution in [1.29, 1.82) is 0 Å². The van der Waals surface area contributed by atoms with E-state index in [2.05, 4.69) is 194 Å². The molecule has 0 aliphatic rings. The first-order valence-corrected chi connectivity index (χ1v) is 17.4. The Kier molecular flexibility index (Phi) is 7.75. The maximum atomic E-state index is 6.61. The van der Waals surface area contributed by atoms with Crippen LogP contribution in [-0.2, 0) is 0 Å². The first-order chi connectivity index (χ1) is 25.2. The van der Waals surface area contributed by atoms with Gasteiger partial charge in [-0.25, -0.2) is 0 Å². The number of hydrogen-bond donors (Lipinski definition) is 0. The molecule has 9 rings (SSSR count). The Balaban J connectivity index is 1.19. The summed E-state index contributed by atoms with van der Waals surface area (Å²) in [7, 11) is 0. The Hall–Kier alpha value is -6.64. The van der Waals surface area contributed by atoms with Crippen molar-refractivity contribution in [2.24, 2.45) is 0 Å². The molecule has 0 saturated carbocycles. The number of furan rings is 1. The van der Waals surface area contributed by atoms with Crippen LogP contribution in [0.25, 0.3) is 66.4 Å². The van der Waals surface area contributed by atoms with Gasteiger partial charge < -0.3 is 9.32 Å². The predicted octanol–water partition coefficient (Wildman–Crippen LogP) is 14.0. The number of nitrogens with zero attached hydrogens (tertiary/aromatic N) is 1. The summed E-state index contributed by atoms with van der Waals surface area (Å²) >= 11 is 0. The highest BCUT2D eigenvalue weighted by atomic mass is 16.3. The van der Waals surface area contributed by atoms with Crippen LogP contribution in [0.2, 0.25) is 0 Å². The van der Waals surface area contributed by atoms with Crippen molar-refractivity contribution < 1.29 is 4.42 Å². The fourth-order valence-electron chi connectivity index (χ4n) is 7.41. The molecule has 0 saturated heterocycles. The number of benzene rings is 8. The summed E-state index contributed by atoms with van der Waals surface area (Å²) in [4.78, 5) is 2.33. The molecule has 0 aliphatic heterocycles. The lowest BCUT2D eigenvalue weighted by atomic mass is 9.92. The van der Waals surface area contributed by atoms with E-state index < -0.39 is 0 Å². The summed E-state index contributed by atoms with van der Waals surface area (Å²) in [6, 6.07) is 69.0. The molecule has 0 N–H and O–H groups in total. The Morgan fingerprint density at radius 2 is 0.882 bits per heavy atom. The molecule has 0 bridgehead atoms. The van der Waals surface area contributed by atoms with Crippen molar-refractivity contribution in [2.45, 2.75) is 6.92 Å². The van der Waals surface area contributed by atoms with Crippen molar-refractivity contribution in [1.82, 2.24) is 0 Å². The van der Waals surface area contributed by atoms with E-state index in [4.69, 9.17) is 4.42 Å². The minimum Gasteiger partial charge on any atom is -0.454 e. The molecule has 0 spiro atoms. The molecule has 2 heteroatoms. The van der Waals surface area contributed by atoms with Crippen LogP contribution in [0.4, 0.5) is 17.1 Å². The average Bonchev–Trinajstić information content (AvgIpc) is 3.59. The normalized spacial score (nSPS) is 11.2. The van der Waals surface area contributed by atoms with E-state index in [1.807, 2.05) is 12.1 Å². The van der Waals surface area contributed by atoms with Crippen molar-refractivity contribution in [2.75, 3.05) is 4.90 Å². The van der Waals surface area contributed by atoms with E-state index >= 15 is 0 Å². The molecular formula is C49H35NO. The number of aryl methyl sites for hydroxylation is 1. The average molecular weight is 654 g/mol. The van der Waals surface area contributed by atoms with E-state index in [9.17, 15) is 0 Å². The van der Waals surface area contributed by atoms with Crippen molar-refractivity contribution in [3.63, 3.8) is 0 Å². The van der Waals surface area contributed by atoms with Crippen LogP contribution in [0.3, 0.4) is 0 Å². The zero-order valence-corrected chi connectivity index (χ0v) is 28.3. The first-order valence-electron chi connectivity index (χ1n) is 17.4. The minimum atomic E-state index is 0.869. The van der Waals surface area contributed by atoms with Gasteiger partial charge in [0, 0.05) is 22.1 Å². The number of fused-ring (bicyclic) bond motifs is 3. The lowest BCUT2D eigenvalue weighted by molar-refractivity contribution is 0.669. The van der Waals surface area contributed by atoms with Gasteiger partial charge in [0.05, 0.1) is 5.69 Å². The zero-order chi connectivity index (χ0) is 34.1. The smallest absolute Gasteiger partial charge is 0.159 e. The van der Waals surface area contributed by atoms with Crippen LogP contribution in [-0.4, -0.2) is 0 Å². The maximum Gasteiger partial charge on any atom is 0.159 e. The highest BCUT2D eigenvalue weighted by Gasteiger charge is 2.21. The molecule has 0 unspecified atom stereocenters. The van der Waals surface area contributed by atoms with Crippen molar-refractivity contribution in [3.05, 3.63) is 200 Å². The molecule has 0 radical (unpaired) electrons. The Morgan fingerprint density at radius 1 is 0.373 bits per heavy atom. The van der Waals surface area contributed by atoms with Gasteiger partial charge in [0.15, 0.2) is 5.58 Å². The lowest BCUT2D eigenvalue weighted by Gasteiger charge is -2.27. The quantitative estimate of drug-likeness (QED) is 0.170. The van der Waals surface area contributed by atoms with E-state index in [0.717, 1.165) is 39.0 Å². The topological polar surface area (TPSA) is 16.4 Å². The van der Waals surface area contributed by atoms with E-state index in [1.165, 1.54) is 50.1 Å². The molecule has 242 valence electrons. The van der Waals surface area contributed by atoms with E-state index in [1.54, 1.807) is 0 Å². The van der Waals surface area contributed by atoms with E-state index in [-0.39, 0.29) is 0 Å². The molecule has 51 heavy (non-hydrogen) atoms. The van der Waals surface area contributed by atoms with Crippen LogP contribution in [0.5, 0.6) is 0 Å². The van der Waals surface area contributed by atoms with Gasteiger partial charge in [0.1, 0.15) is 5.58 Å². The Bertz CT molecular complexity index is 2640. The first kappa shape index (κ1) is 30.4. The largest absolute Gasteiger partial charge is 0.454 e. The van der Waals surface area contributed by atoms with Crippen LogP contribution in [0.15, 0.2) is 199 Å². The molecule has 0 aliphatic carbocycles. The summed E-state index contributed by atoms with van der Waals surface area (Å²) in [6.07, 6.45) is 0. The third kappa shape index (κ3) is 5.57. The van der Waals surface area contributed by atoms with Gasteiger partial charge in [-0.3, -0.25) is 0 Å². The second-order valence-electron chi connectivity index (χ2n) is 13.0. The van der Waals surface area contributed by atoms with Crippen LogP contribution >= 0.6 is 0 Å². The van der Waals surface area contributed by atoms with Gasteiger partial charge >= 0.3 is 0 Å². The fourth-order valence-corrected chi connectivity index (χ4v) is 7.41. The molecule has 0 atom stereocenters. The molecule has 0 amide bonds. The number of hydrogen-bond acceptors (Lipinski definition) is 2. The van der Waals surface area contributed by atoms with Crippen molar-refractivity contribution >= 4 is 39.0 Å². The van der Waals surface area contributed by atoms with Crippen LogP contribution in [0, 0.1) is 6.92 Å². The van der Waals surface area contributed by atoms with Gasteiger partial charge in [-0.05, 0) is 93.4 Å². The van der Waals surface area contributed by atoms with Gasteiger partial charge in [0.2, 0.25) is 0 Å². The summed E-state index contributed by atoms with van der Waals surface area (Å²) in [5, 5.41) is 2.22. The zero-order valence-electron chi connectivity index (χ0n) is 28.3. The van der Waals surface area contributed by atoms with Gasteiger partial charge in [0.25, 0.3) is 0 Å². The lowest BCUT2D eigenvalue weighted by Crippen LogP contribution is -2.10. The molecule has 1 heterocycles. The molecule has 0 fully saturated rings. The third-order valence-electron chi connectivity index (χ3n) is 9.84. The number of rotatable bonds is 7. The van der Waals surface area contributed by atoms with Crippen LogP contribution < -0.4 is 4.90 Å². The number of para-hydroxylation sites is 2. The summed E-state index contributed by atoms with van der Waals surface area (Å²) in [5.41, 5.74) is 15.8. The van der Waals surface area contributed by atoms with Gasteiger partial charge in [-0.15, -0.1) is 0 Å². The van der Waals surface area contributed by atoms with Gasteiger partial charge in [-0.2, -0.15) is 0 Å². The summed E-state index contributed by atoms with van der Waals surface area (Å²) in [5.74, 6) is 0. The maximum absolute atomic E-state index is 6.61. The summed E-state index contributed by atoms with van der Waals surface area (Å²) in [6.45, 7) is 2.21. The fraction of sp³-hybridized carbons (Fsp3) is 0.0204. The molecule has 2 nitrogen and oxygen atoms in total. The summed E-state index contributed by atoms with van der Waals surface area (Å²) < 4.78 is 6.61. The highest BCUT2D eigenvalue weighted by molar-refractivity contribution is 6.10. The van der Waals surface area contributed by atoms with E-state index in [0.29, 0.717) is 0 Å². The predicted molar refractivity (Wildman–Crippen MR) is 215 cm³/mol. The second-order valence-corrected chi connectivity index (χ2v) is 13.0. The standard InChI is InChI=1S/C49H35NO/c1-34-33-39(31-32-40(34)44-22-11-10-21-43(44)36-17-6-3-7-18-36)50(47-25-14-24-46-45-23-12-13-26-48(45)51-49(46)47)38-29-27-37(28-30-38)42-20-9-8-19-41(42)35-15-4-2-5-16-35/h2-33H,1H3. The molecule has 8 aromatic carbocycles. The minimum absolute atomic E-state index is 0.869. The second kappa shape index (κ2) is 13.0. The SMILES string of the molecule is Cc1cc(N(c2ccc(-c3ccccc3-c3ccccc3)cc2)c2cccc3c2oc2ccccc23)ccc1-c1ccccc1-c1ccccc1. The monoisotopic (exact) mass is 653 g/mol. The van der Waals surface area contributed by atoms with Crippen LogP contribution in [0.1, 0.15) is 5.56 Å². The van der Waals surface area contributed by atoms with Crippen molar-refractivity contribution in [3.8, 4) is 44.5 Å². The number of anilines is 3. The Morgan fingerprint density at radius 3 is 1.53 bits per heavy atom.